The van der Waals surface area contributed by atoms with Crippen molar-refractivity contribution in [1.29, 1.82) is 0 Å². The number of aromatic nitrogens is 8. The van der Waals surface area contributed by atoms with E-state index in [1.165, 1.54) is 0 Å². The van der Waals surface area contributed by atoms with Gasteiger partial charge in [-0.2, -0.15) is 0 Å². The van der Waals surface area contributed by atoms with Crippen molar-refractivity contribution in [2.24, 2.45) is 0 Å². The average molecular weight is 393 g/mol. The van der Waals surface area contributed by atoms with Crippen molar-refractivity contribution in [3.8, 4) is 0 Å². The number of nitrogens with zero attached hydrogens (tertiary/aromatic N) is 6. The summed E-state index contributed by atoms with van der Waals surface area (Å²) in [6, 6.07) is 0. The van der Waals surface area contributed by atoms with Gasteiger partial charge < -0.3 is 9.97 Å². The minimum absolute atomic E-state index is 0.241. The van der Waals surface area contributed by atoms with Crippen LogP contribution < -0.4 is 0 Å². The number of aromatic amines is 2. The Balaban J connectivity index is 1.55. The van der Waals surface area contributed by atoms with Crippen LogP contribution in [0.15, 0.2) is 12.7 Å². The van der Waals surface area contributed by atoms with E-state index in [0.29, 0.717) is 0 Å². The van der Waals surface area contributed by atoms with Gasteiger partial charge >= 0.3 is 0 Å². The molecule has 0 bridgehead atoms. The fourth-order valence-corrected chi connectivity index (χ4v) is 3.63. The minimum Gasteiger partial charge on any atom is -0.342 e. The molecule has 0 aromatic carbocycles. The molecule has 0 saturated carbocycles. The highest BCUT2D eigenvalue weighted by Gasteiger charge is 2.20. The molecule has 4 aromatic heterocycles. The van der Waals surface area contributed by atoms with Crippen LogP contribution in [-0.2, 0) is 6.42 Å². The van der Waals surface area contributed by atoms with Gasteiger partial charge in [-0.15, -0.1) is 0 Å². The summed E-state index contributed by atoms with van der Waals surface area (Å²) in [5, 5.41) is 0. The average Bonchev–Trinajstić information content (AvgIpc) is 3.38. The summed E-state index contributed by atoms with van der Waals surface area (Å²) < 4.78 is 0. The second-order valence-electron chi connectivity index (χ2n) is 8.08. The van der Waals surface area contributed by atoms with Crippen LogP contribution in [0.4, 0.5) is 0 Å². The Hall–Kier alpha value is -2.90. The Morgan fingerprint density at radius 1 is 0.828 bits per heavy atom. The topological polar surface area (TPSA) is 109 Å². The monoisotopic (exact) mass is 392 g/mol. The highest BCUT2D eigenvalue weighted by atomic mass is 15.0. The van der Waals surface area contributed by atoms with E-state index in [0.717, 1.165) is 64.6 Å². The van der Waals surface area contributed by atoms with Crippen molar-refractivity contribution in [3.63, 3.8) is 0 Å². The molecule has 29 heavy (non-hydrogen) atoms. The summed E-state index contributed by atoms with van der Waals surface area (Å²) in [7, 11) is 0. The van der Waals surface area contributed by atoms with E-state index in [9.17, 15) is 0 Å². The lowest BCUT2D eigenvalue weighted by atomic mass is 9.94. The number of imidazole rings is 2. The molecule has 4 aromatic rings. The predicted molar refractivity (Wildman–Crippen MR) is 113 cm³/mol. The third-order valence-corrected chi connectivity index (χ3v) is 5.49. The van der Waals surface area contributed by atoms with E-state index in [4.69, 9.17) is 9.97 Å². The molecule has 0 aliphatic rings. The normalized spacial score (nSPS) is 14.1. The molecule has 0 aliphatic heterocycles. The van der Waals surface area contributed by atoms with E-state index < -0.39 is 0 Å². The van der Waals surface area contributed by atoms with Gasteiger partial charge in [-0.3, -0.25) is 0 Å². The molecule has 8 nitrogen and oxygen atoms in total. The van der Waals surface area contributed by atoms with Crippen LogP contribution in [0.5, 0.6) is 0 Å². The molecule has 0 amide bonds. The molecule has 0 fully saturated rings. The van der Waals surface area contributed by atoms with Gasteiger partial charge in [-0.05, 0) is 19.3 Å². The summed E-state index contributed by atoms with van der Waals surface area (Å²) in [6.07, 6.45) is 6.18. The molecule has 0 saturated heterocycles. The van der Waals surface area contributed by atoms with Gasteiger partial charge in [0.15, 0.2) is 11.3 Å². The Morgan fingerprint density at radius 2 is 1.59 bits per heavy atom. The van der Waals surface area contributed by atoms with Crippen molar-refractivity contribution in [1.82, 2.24) is 39.9 Å². The van der Waals surface area contributed by atoms with Gasteiger partial charge in [0.2, 0.25) is 0 Å². The number of fused-ring (bicyclic) bond motifs is 2. The number of rotatable bonds is 7. The van der Waals surface area contributed by atoms with Crippen LogP contribution in [0.2, 0.25) is 0 Å². The van der Waals surface area contributed by atoms with Crippen molar-refractivity contribution in [2.45, 2.75) is 71.6 Å². The highest BCUT2D eigenvalue weighted by Crippen LogP contribution is 2.30. The SMILES string of the molecule is CCc1nc(C(C)CCC(C)c2nc(C(C)C)nc3[nH]cnc23)nc2nc[nH]c12. The van der Waals surface area contributed by atoms with E-state index in [-0.39, 0.29) is 17.8 Å². The zero-order valence-corrected chi connectivity index (χ0v) is 17.7. The fraction of sp³-hybridized carbons (Fsp3) is 0.524. The van der Waals surface area contributed by atoms with Gasteiger partial charge in [-0.1, -0.05) is 34.6 Å². The number of nitrogens with one attached hydrogen (secondary N) is 2. The van der Waals surface area contributed by atoms with Crippen molar-refractivity contribution >= 4 is 22.3 Å². The Bertz CT molecular complexity index is 1130. The van der Waals surface area contributed by atoms with Crippen LogP contribution in [0.1, 0.15) is 88.3 Å². The molecule has 0 radical (unpaired) electrons. The van der Waals surface area contributed by atoms with E-state index in [1.807, 2.05) is 0 Å². The molecule has 2 unspecified atom stereocenters. The van der Waals surface area contributed by atoms with E-state index in [2.05, 4.69) is 64.5 Å². The quantitative estimate of drug-likeness (QED) is 0.483. The predicted octanol–water partition coefficient (Wildman–Crippen LogP) is 4.39. The maximum atomic E-state index is 4.85. The van der Waals surface area contributed by atoms with Crippen molar-refractivity contribution in [3.05, 3.63) is 35.7 Å². The molecule has 8 heteroatoms. The fourth-order valence-electron chi connectivity index (χ4n) is 3.63. The second-order valence-corrected chi connectivity index (χ2v) is 8.08. The van der Waals surface area contributed by atoms with Gasteiger partial charge in [0.05, 0.1) is 24.0 Å². The first-order chi connectivity index (χ1) is 14.0. The largest absolute Gasteiger partial charge is 0.342 e. The van der Waals surface area contributed by atoms with Crippen LogP contribution in [-0.4, -0.2) is 39.9 Å². The van der Waals surface area contributed by atoms with Crippen LogP contribution in [0.3, 0.4) is 0 Å². The molecule has 0 aliphatic carbocycles. The third kappa shape index (κ3) is 3.71. The van der Waals surface area contributed by atoms with Gasteiger partial charge in [0.25, 0.3) is 0 Å². The summed E-state index contributed by atoms with van der Waals surface area (Å²) in [5.41, 5.74) is 5.43. The smallest absolute Gasteiger partial charge is 0.181 e. The molecule has 152 valence electrons. The lowest BCUT2D eigenvalue weighted by Crippen LogP contribution is -2.09. The molecule has 4 rings (SSSR count). The molecule has 0 spiro atoms. The number of hydrogen-bond acceptors (Lipinski definition) is 6. The molecular formula is C21H28N8. The number of H-pyrrole nitrogens is 2. The zero-order chi connectivity index (χ0) is 20.5. The maximum absolute atomic E-state index is 4.85. The standard InChI is InChI=1S/C21H28N8/c1-6-14-16-20(24-9-22-16)29-19(26-14)13(5)8-7-12(4)15-17-21(25-10-23-17)28-18(27-15)11(2)3/h9-13H,6-8H2,1-5H3,(H,22,24,26,29)(H,23,25,27,28). The van der Waals surface area contributed by atoms with Crippen LogP contribution >= 0.6 is 0 Å². The van der Waals surface area contributed by atoms with Crippen LogP contribution in [0, 0.1) is 0 Å². The lowest BCUT2D eigenvalue weighted by Gasteiger charge is -2.16. The number of aryl methyl sites for hydroxylation is 1. The summed E-state index contributed by atoms with van der Waals surface area (Å²) in [4.78, 5) is 34.0. The summed E-state index contributed by atoms with van der Waals surface area (Å²) >= 11 is 0. The first-order valence-electron chi connectivity index (χ1n) is 10.4. The first-order valence-corrected chi connectivity index (χ1v) is 10.4. The third-order valence-electron chi connectivity index (χ3n) is 5.49. The highest BCUT2D eigenvalue weighted by molar-refractivity contribution is 5.73. The van der Waals surface area contributed by atoms with Crippen molar-refractivity contribution < 1.29 is 0 Å². The van der Waals surface area contributed by atoms with Gasteiger partial charge in [0.1, 0.15) is 22.7 Å². The molecule has 2 N–H and O–H groups in total. The molecule has 2 atom stereocenters. The zero-order valence-electron chi connectivity index (χ0n) is 17.7. The summed E-state index contributed by atoms with van der Waals surface area (Å²) in [5.74, 6) is 2.50. The van der Waals surface area contributed by atoms with Crippen molar-refractivity contribution in [2.75, 3.05) is 0 Å². The maximum Gasteiger partial charge on any atom is 0.181 e. The van der Waals surface area contributed by atoms with E-state index >= 15 is 0 Å². The minimum atomic E-state index is 0.241. The Labute approximate surface area is 170 Å². The summed E-state index contributed by atoms with van der Waals surface area (Å²) in [6.45, 7) is 10.7. The first kappa shape index (κ1) is 19.4. The Morgan fingerprint density at radius 3 is 2.34 bits per heavy atom. The Kier molecular flexibility index (Phi) is 5.25. The van der Waals surface area contributed by atoms with Crippen LogP contribution in [0.25, 0.3) is 22.3 Å². The van der Waals surface area contributed by atoms with Gasteiger partial charge in [-0.25, -0.2) is 29.9 Å². The molecule has 4 heterocycles. The van der Waals surface area contributed by atoms with E-state index in [1.54, 1.807) is 12.7 Å². The molecular weight excluding hydrogens is 364 g/mol. The van der Waals surface area contributed by atoms with Gasteiger partial charge in [0, 0.05) is 17.8 Å². The number of hydrogen-bond donors (Lipinski definition) is 2. The second kappa shape index (κ2) is 7.85. The lowest BCUT2D eigenvalue weighted by molar-refractivity contribution is 0.547.